The quantitative estimate of drug-likeness (QED) is 0.652. The number of nitrogens with two attached hydrogens (primary N) is 1. The van der Waals surface area contributed by atoms with E-state index in [4.69, 9.17) is 19.9 Å². The van der Waals surface area contributed by atoms with Crippen LogP contribution >= 0.6 is 0 Å². The van der Waals surface area contributed by atoms with E-state index in [1.54, 1.807) is 32.4 Å². The summed E-state index contributed by atoms with van der Waals surface area (Å²) in [5.74, 6) is -0.967. The molecule has 0 heterocycles. The number of amides is 2. The van der Waals surface area contributed by atoms with Crippen molar-refractivity contribution in [2.24, 2.45) is 5.73 Å². The van der Waals surface area contributed by atoms with Crippen LogP contribution in [0.1, 0.15) is 15.9 Å². The van der Waals surface area contributed by atoms with E-state index >= 15 is 0 Å². The number of primary amides is 1. The van der Waals surface area contributed by atoms with Crippen molar-refractivity contribution in [1.82, 2.24) is 4.90 Å². The molecule has 28 heavy (non-hydrogen) atoms. The predicted octanol–water partition coefficient (Wildman–Crippen LogP) is 1.37. The van der Waals surface area contributed by atoms with Crippen molar-refractivity contribution in [3.63, 3.8) is 0 Å². The van der Waals surface area contributed by atoms with Gasteiger partial charge in [-0.15, -0.1) is 0 Å². The summed E-state index contributed by atoms with van der Waals surface area (Å²) in [5.41, 5.74) is 5.97. The molecule has 0 aromatic heterocycles. The number of likely N-dealkylation sites (N-methyl/N-ethyl adjacent to an activating group) is 1. The summed E-state index contributed by atoms with van der Waals surface area (Å²) in [7, 11) is 3.16. The summed E-state index contributed by atoms with van der Waals surface area (Å²) in [5, 5.41) is 0. The van der Waals surface area contributed by atoms with Gasteiger partial charge < -0.3 is 24.8 Å². The minimum Gasteiger partial charge on any atom is -0.496 e. The number of carbonyl (C=O) groups is 3. The monoisotopic (exact) mass is 386 g/mol. The van der Waals surface area contributed by atoms with Crippen LogP contribution in [0.4, 0.5) is 0 Å². The lowest BCUT2D eigenvalue weighted by Crippen LogP contribution is -2.31. The molecule has 0 fully saturated rings. The number of nitrogens with zero attached hydrogens (tertiary/aromatic N) is 1. The summed E-state index contributed by atoms with van der Waals surface area (Å²) in [6, 6.07) is 13.6. The third-order valence-corrected chi connectivity index (χ3v) is 3.83. The second kappa shape index (κ2) is 9.96. The number of ether oxygens (including phenoxy) is 3. The highest BCUT2D eigenvalue weighted by Crippen LogP contribution is 2.20. The molecule has 8 heteroatoms. The van der Waals surface area contributed by atoms with Gasteiger partial charge in [0.1, 0.15) is 17.1 Å². The smallest absolute Gasteiger partial charge is 0.342 e. The number of hydrogen-bond donors (Lipinski definition) is 1. The Balaban J connectivity index is 1.95. The first kappa shape index (κ1) is 20.8. The zero-order valence-electron chi connectivity index (χ0n) is 15.7. The Morgan fingerprint density at radius 1 is 0.964 bits per heavy atom. The van der Waals surface area contributed by atoms with Crippen LogP contribution in [0.5, 0.6) is 11.5 Å². The Kier molecular flexibility index (Phi) is 7.38. The fourth-order valence-corrected chi connectivity index (χ4v) is 2.40. The molecule has 2 N–H and O–H groups in total. The minimum atomic E-state index is -0.737. The van der Waals surface area contributed by atoms with E-state index in [2.05, 4.69) is 0 Å². The van der Waals surface area contributed by atoms with Crippen LogP contribution in [0, 0.1) is 0 Å². The van der Waals surface area contributed by atoms with Gasteiger partial charge >= 0.3 is 5.97 Å². The molecular formula is C20H22N2O6. The van der Waals surface area contributed by atoms with Gasteiger partial charge in [-0.3, -0.25) is 9.59 Å². The van der Waals surface area contributed by atoms with Gasteiger partial charge in [0.25, 0.3) is 11.8 Å². The van der Waals surface area contributed by atoms with Crippen LogP contribution in [-0.2, 0) is 20.9 Å². The first-order valence-electron chi connectivity index (χ1n) is 8.45. The molecule has 8 nitrogen and oxygen atoms in total. The van der Waals surface area contributed by atoms with Gasteiger partial charge in [-0.2, -0.15) is 0 Å². The molecule has 2 rings (SSSR count). The van der Waals surface area contributed by atoms with E-state index in [-0.39, 0.29) is 23.8 Å². The van der Waals surface area contributed by atoms with Crippen molar-refractivity contribution < 1.29 is 28.6 Å². The fraction of sp³-hybridized carbons (Fsp3) is 0.250. The molecule has 0 bridgehead atoms. The van der Waals surface area contributed by atoms with Gasteiger partial charge in [-0.25, -0.2) is 4.79 Å². The highest BCUT2D eigenvalue weighted by molar-refractivity contribution is 5.94. The van der Waals surface area contributed by atoms with Gasteiger partial charge in [0, 0.05) is 19.2 Å². The van der Waals surface area contributed by atoms with Gasteiger partial charge in [0.2, 0.25) is 0 Å². The Morgan fingerprint density at radius 3 is 2.29 bits per heavy atom. The molecule has 0 spiro atoms. The van der Waals surface area contributed by atoms with E-state index in [1.165, 1.54) is 17.0 Å². The molecule has 2 aromatic carbocycles. The van der Waals surface area contributed by atoms with Gasteiger partial charge in [-0.1, -0.05) is 30.3 Å². The number of para-hydroxylation sites is 2. The van der Waals surface area contributed by atoms with Crippen LogP contribution in [0.15, 0.2) is 48.5 Å². The molecule has 0 saturated carbocycles. The molecule has 0 atom stereocenters. The lowest BCUT2D eigenvalue weighted by molar-refractivity contribution is -0.133. The molecule has 0 saturated heterocycles. The third kappa shape index (κ3) is 5.73. The minimum absolute atomic E-state index is 0.101. The van der Waals surface area contributed by atoms with Crippen molar-refractivity contribution in [3.8, 4) is 11.5 Å². The first-order valence-corrected chi connectivity index (χ1v) is 8.45. The maximum absolute atomic E-state index is 12.3. The topological polar surface area (TPSA) is 108 Å². The second-order valence-electron chi connectivity index (χ2n) is 5.89. The summed E-state index contributed by atoms with van der Waals surface area (Å²) < 4.78 is 15.6. The largest absolute Gasteiger partial charge is 0.496 e. The highest BCUT2D eigenvalue weighted by atomic mass is 16.5. The highest BCUT2D eigenvalue weighted by Gasteiger charge is 2.18. The van der Waals surface area contributed by atoms with Crippen LogP contribution in [0.25, 0.3) is 0 Å². The van der Waals surface area contributed by atoms with E-state index in [0.29, 0.717) is 12.3 Å². The van der Waals surface area contributed by atoms with Crippen LogP contribution in [0.3, 0.4) is 0 Å². The lowest BCUT2D eigenvalue weighted by atomic mass is 10.2. The third-order valence-electron chi connectivity index (χ3n) is 3.83. The van der Waals surface area contributed by atoms with E-state index < -0.39 is 18.5 Å². The average molecular weight is 386 g/mol. The zero-order chi connectivity index (χ0) is 20.5. The number of carbonyl (C=O) groups excluding carboxylic acids is 3. The molecule has 0 radical (unpaired) electrons. The van der Waals surface area contributed by atoms with Crippen molar-refractivity contribution in [2.75, 3.05) is 27.4 Å². The van der Waals surface area contributed by atoms with Gasteiger partial charge in [0.05, 0.1) is 7.11 Å². The molecule has 0 aliphatic rings. The zero-order valence-corrected chi connectivity index (χ0v) is 15.7. The maximum Gasteiger partial charge on any atom is 0.342 e. The maximum atomic E-state index is 12.3. The number of benzene rings is 2. The normalized spacial score (nSPS) is 10.1. The van der Waals surface area contributed by atoms with Gasteiger partial charge in [0.15, 0.2) is 13.2 Å². The van der Waals surface area contributed by atoms with E-state index in [1.807, 2.05) is 18.2 Å². The SMILES string of the molecule is COc1ccccc1CN(C)C(=O)COC(=O)c1ccccc1OCC(N)=O. The Morgan fingerprint density at radius 2 is 1.61 bits per heavy atom. The van der Waals surface area contributed by atoms with Crippen LogP contribution in [-0.4, -0.2) is 50.1 Å². The summed E-state index contributed by atoms with van der Waals surface area (Å²) in [6.07, 6.45) is 0. The molecule has 0 aliphatic heterocycles. The van der Waals surface area contributed by atoms with Crippen molar-refractivity contribution in [1.29, 1.82) is 0 Å². The Bertz CT molecular complexity index is 852. The first-order chi connectivity index (χ1) is 13.4. The lowest BCUT2D eigenvalue weighted by Gasteiger charge is -2.19. The van der Waals surface area contributed by atoms with Crippen LogP contribution in [0.2, 0.25) is 0 Å². The number of rotatable bonds is 9. The number of esters is 1. The molecule has 148 valence electrons. The van der Waals surface area contributed by atoms with Crippen molar-refractivity contribution in [2.45, 2.75) is 6.54 Å². The van der Waals surface area contributed by atoms with E-state index in [9.17, 15) is 14.4 Å². The molecule has 0 aliphatic carbocycles. The van der Waals surface area contributed by atoms with Crippen molar-refractivity contribution in [3.05, 3.63) is 59.7 Å². The van der Waals surface area contributed by atoms with Crippen LogP contribution < -0.4 is 15.2 Å². The molecule has 0 unspecified atom stereocenters. The molecule has 2 aromatic rings. The Hall–Kier alpha value is -3.55. The standard InChI is InChI=1S/C20H22N2O6/c1-22(11-14-7-3-5-9-16(14)26-2)19(24)13-28-20(25)15-8-4-6-10-17(15)27-12-18(21)23/h3-10H,11-13H2,1-2H3,(H2,21,23). The molecule has 2 amide bonds. The fourth-order valence-electron chi connectivity index (χ4n) is 2.40. The Labute approximate surface area is 162 Å². The van der Waals surface area contributed by atoms with Gasteiger partial charge in [-0.05, 0) is 18.2 Å². The van der Waals surface area contributed by atoms with Crippen molar-refractivity contribution >= 4 is 17.8 Å². The predicted molar refractivity (Wildman–Crippen MR) is 101 cm³/mol. The van der Waals surface area contributed by atoms with E-state index in [0.717, 1.165) is 5.56 Å². The summed E-state index contributed by atoms with van der Waals surface area (Å²) in [4.78, 5) is 36.9. The second-order valence-corrected chi connectivity index (χ2v) is 5.89. The summed E-state index contributed by atoms with van der Waals surface area (Å²) >= 11 is 0. The number of hydrogen-bond acceptors (Lipinski definition) is 6. The molecular weight excluding hydrogens is 364 g/mol. The average Bonchev–Trinajstić information content (AvgIpc) is 2.70. The number of methoxy groups -OCH3 is 1. The summed E-state index contributed by atoms with van der Waals surface area (Å²) in [6.45, 7) is -0.502.